The molecular weight excluding hydrogens is 478 g/mol. The molecule has 1 rings (SSSR count). The zero-order chi connectivity index (χ0) is 28.7. The lowest BCUT2D eigenvalue weighted by molar-refractivity contribution is -0.143. The number of amides is 3. The summed E-state index contributed by atoms with van der Waals surface area (Å²) in [6, 6.07) is 6.21. The van der Waals surface area contributed by atoms with Crippen molar-refractivity contribution in [1.82, 2.24) is 15.5 Å². The fourth-order valence-electron chi connectivity index (χ4n) is 4.37. The summed E-state index contributed by atoms with van der Waals surface area (Å²) >= 11 is 0. The van der Waals surface area contributed by atoms with Crippen LogP contribution in [0, 0.1) is 12.8 Å². The topological polar surface area (TPSA) is 87.7 Å². The average Bonchev–Trinajstić information content (AvgIpc) is 2.85. The summed E-state index contributed by atoms with van der Waals surface area (Å²) in [6.07, 6.45) is 6.93. The highest BCUT2D eigenvalue weighted by molar-refractivity contribution is 5.92. The molecular formula is C31H53N3O4. The van der Waals surface area contributed by atoms with Crippen molar-refractivity contribution in [3.05, 3.63) is 35.4 Å². The number of hydrogen-bond donors (Lipinski definition) is 2. The van der Waals surface area contributed by atoms with E-state index in [2.05, 4.69) is 24.5 Å². The molecule has 216 valence electrons. The molecule has 0 bridgehead atoms. The highest BCUT2D eigenvalue weighted by Crippen LogP contribution is 2.26. The van der Waals surface area contributed by atoms with Crippen LogP contribution in [0.5, 0.6) is 0 Å². The number of hydrogen-bond acceptors (Lipinski definition) is 4. The number of ether oxygens (including phenoxy) is 1. The number of aryl methyl sites for hydroxylation is 1. The van der Waals surface area contributed by atoms with Gasteiger partial charge in [-0.3, -0.25) is 9.59 Å². The molecule has 38 heavy (non-hydrogen) atoms. The highest BCUT2D eigenvalue weighted by atomic mass is 16.6. The van der Waals surface area contributed by atoms with Gasteiger partial charge in [-0.05, 0) is 52.0 Å². The van der Waals surface area contributed by atoms with Crippen LogP contribution in [-0.4, -0.2) is 47.5 Å². The molecule has 0 aliphatic heterocycles. The molecule has 0 aliphatic rings. The van der Waals surface area contributed by atoms with Crippen LogP contribution in [0.3, 0.4) is 0 Å². The van der Waals surface area contributed by atoms with Gasteiger partial charge in [0.2, 0.25) is 11.8 Å². The van der Waals surface area contributed by atoms with Crippen LogP contribution < -0.4 is 10.6 Å². The second-order valence-electron chi connectivity index (χ2n) is 11.4. The molecule has 3 atom stereocenters. The fraction of sp³-hybridized carbons (Fsp3) is 0.710. The van der Waals surface area contributed by atoms with Gasteiger partial charge in [-0.25, -0.2) is 4.79 Å². The van der Waals surface area contributed by atoms with Crippen LogP contribution in [-0.2, 0) is 14.3 Å². The van der Waals surface area contributed by atoms with Gasteiger partial charge in [0, 0.05) is 13.1 Å². The third-order valence-corrected chi connectivity index (χ3v) is 6.68. The van der Waals surface area contributed by atoms with E-state index in [0.717, 1.165) is 56.1 Å². The second kappa shape index (κ2) is 17.1. The molecule has 3 unspecified atom stereocenters. The van der Waals surface area contributed by atoms with Crippen molar-refractivity contribution >= 4 is 17.9 Å². The molecule has 0 heterocycles. The predicted octanol–water partition coefficient (Wildman–Crippen LogP) is 6.69. The number of carbonyl (C=O) groups is 3. The second-order valence-corrected chi connectivity index (χ2v) is 11.4. The van der Waals surface area contributed by atoms with E-state index >= 15 is 0 Å². The Hall–Kier alpha value is -2.57. The van der Waals surface area contributed by atoms with E-state index in [1.807, 2.05) is 45.0 Å². The van der Waals surface area contributed by atoms with Crippen molar-refractivity contribution in [2.45, 2.75) is 124 Å². The van der Waals surface area contributed by atoms with Gasteiger partial charge in [-0.15, -0.1) is 0 Å². The van der Waals surface area contributed by atoms with Gasteiger partial charge in [-0.2, -0.15) is 0 Å². The summed E-state index contributed by atoms with van der Waals surface area (Å²) in [4.78, 5) is 42.4. The van der Waals surface area contributed by atoms with E-state index in [-0.39, 0.29) is 17.7 Å². The minimum atomic E-state index is -0.804. The van der Waals surface area contributed by atoms with Crippen LogP contribution in [0.1, 0.15) is 117 Å². The number of nitrogens with zero attached hydrogens (tertiary/aromatic N) is 1. The van der Waals surface area contributed by atoms with E-state index in [0.29, 0.717) is 19.5 Å². The maximum Gasteiger partial charge on any atom is 0.408 e. The number of nitrogens with one attached hydrogen (secondary N) is 2. The Morgan fingerprint density at radius 1 is 0.974 bits per heavy atom. The van der Waals surface area contributed by atoms with Gasteiger partial charge in [-0.1, -0.05) is 96.0 Å². The van der Waals surface area contributed by atoms with Crippen molar-refractivity contribution in [2.24, 2.45) is 5.92 Å². The summed E-state index contributed by atoms with van der Waals surface area (Å²) in [5.41, 5.74) is 1.12. The summed E-state index contributed by atoms with van der Waals surface area (Å²) in [7, 11) is 0. The van der Waals surface area contributed by atoms with Crippen molar-refractivity contribution in [3.8, 4) is 0 Å². The molecule has 0 saturated carbocycles. The lowest BCUT2D eigenvalue weighted by atomic mass is 9.95. The quantitative estimate of drug-likeness (QED) is 0.233. The molecule has 7 heteroatoms. The molecule has 0 aliphatic carbocycles. The van der Waals surface area contributed by atoms with Crippen molar-refractivity contribution in [1.29, 1.82) is 0 Å². The average molecular weight is 532 g/mol. The van der Waals surface area contributed by atoms with Crippen LogP contribution in [0.25, 0.3) is 0 Å². The van der Waals surface area contributed by atoms with Gasteiger partial charge >= 0.3 is 6.09 Å². The molecule has 1 aromatic carbocycles. The van der Waals surface area contributed by atoms with E-state index in [1.165, 1.54) is 0 Å². The third-order valence-electron chi connectivity index (χ3n) is 6.68. The standard InChI is InChI=1S/C31H53N3O4/c1-9-12-14-16-21-34(29(36)26(24(5)11-3)33-30(37)38-31(6,7)8)27(25-19-17-18-23(4)22-25)28(35)32-20-15-13-10-2/h17-19,22,24,26-27H,9-16,20-21H2,1-8H3,(H,32,35)(H,33,37). The summed E-state index contributed by atoms with van der Waals surface area (Å²) < 4.78 is 5.49. The van der Waals surface area contributed by atoms with E-state index in [9.17, 15) is 14.4 Å². The van der Waals surface area contributed by atoms with Gasteiger partial charge in [0.05, 0.1) is 0 Å². The lowest BCUT2D eigenvalue weighted by Gasteiger charge is -2.36. The number of alkyl carbamates (subject to hydrolysis) is 1. The van der Waals surface area contributed by atoms with Crippen LogP contribution in [0.2, 0.25) is 0 Å². The normalized spacial score (nSPS) is 13.8. The van der Waals surface area contributed by atoms with E-state index in [4.69, 9.17) is 4.74 Å². The molecule has 0 aromatic heterocycles. The van der Waals surface area contributed by atoms with Crippen molar-refractivity contribution in [3.63, 3.8) is 0 Å². The minimum absolute atomic E-state index is 0.140. The minimum Gasteiger partial charge on any atom is -0.444 e. The first kappa shape index (κ1) is 33.5. The maximum absolute atomic E-state index is 14.3. The summed E-state index contributed by atoms with van der Waals surface area (Å²) in [5.74, 6) is -0.577. The molecule has 0 saturated heterocycles. The van der Waals surface area contributed by atoms with Gasteiger partial charge in [0.15, 0.2) is 0 Å². The first-order valence-electron chi connectivity index (χ1n) is 14.6. The SMILES string of the molecule is CCCCCCN(C(=O)C(NC(=O)OC(C)(C)C)C(C)CC)C(C(=O)NCCCCC)c1cccc(C)c1. The first-order valence-corrected chi connectivity index (χ1v) is 14.6. The zero-order valence-electron chi connectivity index (χ0n) is 25.2. The van der Waals surface area contributed by atoms with Crippen molar-refractivity contribution in [2.75, 3.05) is 13.1 Å². The van der Waals surface area contributed by atoms with Crippen LogP contribution >= 0.6 is 0 Å². The molecule has 1 aromatic rings. The Kier molecular flexibility index (Phi) is 15.1. The van der Waals surface area contributed by atoms with E-state index < -0.39 is 23.8 Å². The zero-order valence-corrected chi connectivity index (χ0v) is 25.2. The monoisotopic (exact) mass is 531 g/mol. The highest BCUT2D eigenvalue weighted by Gasteiger charge is 2.37. The van der Waals surface area contributed by atoms with Gasteiger partial charge < -0.3 is 20.3 Å². The smallest absolute Gasteiger partial charge is 0.408 e. The number of unbranched alkanes of at least 4 members (excludes halogenated alkanes) is 5. The molecule has 0 fully saturated rings. The Morgan fingerprint density at radius 3 is 2.21 bits per heavy atom. The fourth-order valence-corrected chi connectivity index (χ4v) is 4.37. The number of benzene rings is 1. The number of carbonyl (C=O) groups excluding carboxylic acids is 3. The van der Waals surface area contributed by atoms with E-state index in [1.54, 1.807) is 25.7 Å². The Balaban J connectivity index is 3.45. The number of rotatable bonds is 16. The predicted molar refractivity (Wildman–Crippen MR) is 155 cm³/mol. The van der Waals surface area contributed by atoms with Crippen molar-refractivity contribution < 1.29 is 19.1 Å². The first-order chi connectivity index (χ1) is 17.9. The Bertz CT molecular complexity index is 865. The molecule has 3 amide bonds. The Labute approximate surface area is 231 Å². The Morgan fingerprint density at radius 2 is 1.63 bits per heavy atom. The summed E-state index contributed by atoms with van der Waals surface area (Å²) in [6.45, 7) is 16.6. The van der Waals surface area contributed by atoms with Gasteiger partial charge in [0.1, 0.15) is 17.7 Å². The van der Waals surface area contributed by atoms with Gasteiger partial charge in [0.25, 0.3) is 0 Å². The molecule has 0 spiro atoms. The largest absolute Gasteiger partial charge is 0.444 e. The van der Waals surface area contributed by atoms with Crippen LogP contribution in [0.15, 0.2) is 24.3 Å². The molecule has 7 nitrogen and oxygen atoms in total. The maximum atomic E-state index is 14.3. The molecule has 2 N–H and O–H groups in total. The lowest BCUT2D eigenvalue weighted by Crippen LogP contribution is -2.55. The van der Waals surface area contributed by atoms with Crippen LogP contribution in [0.4, 0.5) is 4.79 Å². The summed E-state index contributed by atoms with van der Waals surface area (Å²) in [5, 5.41) is 5.92. The third kappa shape index (κ3) is 11.9. The molecule has 0 radical (unpaired) electrons.